The van der Waals surface area contributed by atoms with Crippen molar-refractivity contribution in [1.29, 1.82) is 0 Å². The largest absolute Gasteiger partial charge is 0.394 e. The molecular formula is C14H23NO2. The van der Waals surface area contributed by atoms with Crippen molar-refractivity contribution in [3.8, 4) is 0 Å². The first-order valence-corrected chi connectivity index (χ1v) is 7.18. The Hall–Kier alpha value is -0.570. The normalized spacial score (nSPS) is 40.2. The van der Waals surface area contributed by atoms with Crippen LogP contribution in [0.5, 0.6) is 0 Å². The van der Waals surface area contributed by atoms with Gasteiger partial charge in [0.25, 0.3) is 0 Å². The molecule has 3 aliphatic rings. The molecule has 0 aromatic rings. The second-order valence-electron chi connectivity index (χ2n) is 6.20. The van der Waals surface area contributed by atoms with Crippen LogP contribution in [0.2, 0.25) is 0 Å². The fourth-order valence-corrected chi connectivity index (χ4v) is 4.32. The molecule has 96 valence electrons. The molecule has 17 heavy (non-hydrogen) atoms. The van der Waals surface area contributed by atoms with Gasteiger partial charge in [0.05, 0.1) is 12.6 Å². The highest BCUT2D eigenvalue weighted by Crippen LogP contribution is 2.49. The average Bonchev–Trinajstić information content (AvgIpc) is 3.04. The van der Waals surface area contributed by atoms with Crippen LogP contribution in [0.15, 0.2) is 0 Å². The molecule has 3 rings (SSSR count). The highest BCUT2D eigenvalue weighted by molar-refractivity contribution is 5.77. The van der Waals surface area contributed by atoms with Gasteiger partial charge in [-0.25, -0.2) is 0 Å². The van der Waals surface area contributed by atoms with E-state index in [2.05, 4.69) is 0 Å². The molecule has 1 heterocycles. The summed E-state index contributed by atoms with van der Waals surface area (Å²) in [7, 11) is 0. The van der Waals surface area contributed by atoms with Crippen LogP contribution in [0.3, 0.4) is 0 Å². The number of aliphatic hydroxyl groups excluding tert-OH is 1. The van der Waals surface area contributed by atoms with Gasteiger partial charge in [0.1, 0.15) is 0 Å². The molecule has 1 N–H and O–H groups in total. The van der Waals surface area contributed by atoms with E-state index in [1.807, 2.05) is 4.90 Å². The van der Waals surface area contributed by atoms with Gasteiger partial charge in [-0.05, 0) is 49.9 Å². The maximum atomic E-state index is 12.3. The van der Waals surface area contributed by atoms with Crippen molar-refractivity contribution in [2.24, 2.45) is 17.8 Å². The lowest BCUT2D eigenvalue weighted by molar-refractivity contribution is -0.134. The molecule has 0 aromatic carbocycles. The molecule has 2 saturated carbocycles. The zero-order valence-electron chi connectivity index (χ0n) is 10.5. The Morgan fingerprint density at radius 2 is 2.12 bits per heavy atom. The van der Waals surface area contributed by atoms with Crippen molar-refractivity contribution in [2.75, 3.05) is 13.2 Å². The first-order valence-electron chi connectivity index (χ1n) is 7.18. The second-order valence-corrected chi connectivity index (χ2v) is 6.20. The quantitative estimate of drug-likeness (QED) is 0.813. The van der Waals surface area contributed by atoms with Crippen molar-refractivity contribution < 1.29 is 9.90 Å². The molecule has 3 nitrogen and oxygen atoms in total. The molecule has 3 fully saturated rings. The molecule has 0 radical (unpaired) electrons. The molecule has 2 aliphatic carbocycles. The fourth-order valence-electron chi connectivity index (χ4n) is 4.32. The minimum Gasteiger partial charge on any atom is -0.394 e. The Labute approximate surface area is 103 Å². The highest BCUT2D eigenvalue weighted by atomic mass is 16.3. The van der Waals surface area contributed by atoms with E-state index in [-0.39, 0.29) is 12.6 Å². The van der Waals surface area contributed by atoms with Crippen LogP contribution >= 0.6 is 0 Å². The summed E-state index contributed by atoms with van der Waals surface area (Å²) < 4.78 is 0. The molecule has 0 aromatic heterocycles. The number of hydrogen-bond donors (Lipinski definition) is 1. The number of nitrogens with zero attached hydrogens (tertiary/aromatic N) is 1. The van der Waals surface area contributed by atoms with E-state index in [0.29, 0.717) is 11.8 Å². The van der Waals surface area contributed by atoms with E-state index in [1.165, 1.54) is 25.7 Å². The van der Waals surface area contributed by atoms with Gasteiger partial charge in [0.2, 0.25) is 5.91 Å². The standard InChI is InChI=1S/C14H23NO2/c16-9-13-2-1-5-15(13)14(17)8-12-7-10-3-4-11(12)6-10/h10-13,16H,1-9H2/t10?,11?,12?,13-/m1/s1. The predicted molar refractivity (Wildman–Crippen MR) is 65.4 cm³/mol. The van der Waals surface area contributed by atoms with Crippen LogP contribution in [0.1, 0.15) is 44.9 Å². The van der Waals surface area contributed by atoms with Crippen molar-refractivity contribution in [3.63, 3.8) is 0 Å². The average molecular weight is 237 g/mol. The number of carbonyl (C=O) groups excluding carboxylic acids is 1. The molecule has 3 unspecified atom stereocenters. The van der Waals surface area contributed by atoms with Gasteiger partial charge >= 0.3 is 0 Å². The summed E-state index contributed by atoms with van der Waals surface area (Å²) in [5.41, 5.74) is 0. The maximum absolute atomic E-state index is 12.3. The number of rotatable bonds is 3. The van der Waals surface area contributed by atoms with Gasteiger partial charge in [0, 0.05) is 13.0 Å². The van der Waals surface area contributed by atoms with Crippen LogP contribution in [-0.2, 0) is 4.79 Å². The lowest BCUT2D eigenvalue weighted by atomic mass is 9.86. The Balaban J connectivity index is 1.56. The predicted octanol–water partition coefficient (Wildman–Crippen LogP) is 1.80. The van der Waals surface area contributed by atoms with Gasteiger partial charge in [0.15, 0.2) is 0 Å². The number of fused-ring (bicyclic) bond motifs is 2. The number of carbonyl (C=O) groups is 1. The Bertz CT molecular complexity index is 305. The van der Waals surface area contributed by atoms with Crippen molar-refractivity contribution in [2.45, 2.75) is 51.0 Å². The molecule has 1 aliphatic heterocycles. The fraction of sp³-hybridized carbons (Fsp3) is 0.929. The van der Waals surface area contributed by atoms with Crippen molar-refractivity contribution >= 4 is 5.91 Å². The van der Waals surface area contributed by atoms with Crippen LogP contribution in [0.25, 0.3) is 0 Å². The Morgan fingerprint density at radius 1 is 1.24 bits per heavy atom. The SMILES string of the molecule is O=C(CC1CC2CCC1C2)N1CCC[C@@H]1CO. The molecule has 2 bridgehead atoms. The van der Waals surface area contributed by atoms with Gasteiger partial charge < -0.3 is 10.0 Å². The first-order chi connectivity index (χ1) is 8.28. The van der Waals surface area contributed by atoms with Gasteiger partial charge in [-0.2, -0.15) is 0 Å². The summed E-state index contributed by atoms with van der Waals surface area (Å²) in [6.45, 7) is 1.01. The maximum Gasteiger partial charge on any atom is 0.223 e. The first kappa shape index (κ1) is 11.5. The molecule has 4 atom stereocenters. The smallest absolute Gasteiger partial charge is 0.223 e. The number of likely N-dealkylation sites (tertiary alicyclic amines) is 1. The third-order valence-corrected chi connectivity index (χ3v) is 5.23. The number of aliphatic hydroxyl groups is 1. The zero-order chi connectivity index (χ0) is 11.8. The third kappa shape index (κ3) is 2.10. The van der Waals surface area contributed by atoms with Crippen LogP contribution < -0.4 is 0 Å². The summed E-state index contributed by atoms with van der Waals surface area (Å²) in [5.74, 6) is 2.71. The summed E-state index contributed by atoms with van der Waals surface area (Å²) in [6, 6.07) is 0.112. The minimum atomic E-state index is 0.112. The summed E-state index contributed by atoms with van der Waals surface area (Å²) in [5, 5.41) is 9.26. The van der Waals surface area contributed by atoms with Crippen LogP contribution in [0, 0.1) is 17.8 Å². The van der Waals surface area contributed by atoms with Crippen molar-refractivity contribution in [3.05, 3.63) is 0 Å². The van der Waals surface area contributed by atoms with E-state index in [0.717, 1.165) is 37.6 Å². The van der Waals surface area contributed by atoms with E-state index < -0.39 is 0 Å². The highest BCUT2D eigenvalue weighted by Gasteiger charge is 2.41. The summed E-state index contributed by atoms with van der Waals surface area (Å²) in [6.07, 6.45) is 8.21. The third-order valence-electron chi connectivity index (χ3n) is 5.23. The van der Waals surface area contributed by atoms with Gasteiger partial charge in [-0.3, -0.25) is 4.79 Å². The molecule has 3 heteroatoms. The van der Waals surface area contributed by atoms with E-state index in [9.17, 15) is 9.90 Å². The Morgan fingerprint density at radius 3 is 2.76 bits per heavy atom. The molecular weight excluding hydrogens is 214 g/mol. The lowest BCUT2D eigenvalue weighted by Crippen LogP contribution is -2.38. The molecule has 0 spiro atoms. The summed E-state index contributed by atoms with van der Waals surface area (Å²) >= 11 is 0. The number of hydrogen-bond acceptors (Lipinski definition) is 2. The summed E-state index contributed by atoms with van der Waals surface area (Å²) in [4.78, 5) is 14.2. The lowest BCUT2D eigenvalue weighted by Gasteiger charge is -2.27. The van der Waals surface area contributed by atoms with Crippen LogP contribution in [0.4, 0.5) is 0 Å². The number of amides is 1. The Kier molecular flexibility index (Phi) is 3.12. The second kappa shape index (κ2) is 4.60. The molecule has 1 saturated heterocycles. The topological polar surface area (TPSA) is 40.5 Å². The van der Waals surface area contributed by atoms with Crippen LogP contribution in [-0.4, -0.2) is 35.1 Å². The van der Waals surface area contributed by atoms with E-state index in [4.69, 9.17) is 0 Å². The van der Waals surface area contributed by atoms with Gasteiger partial charge in [-0.15, -0.1) is 0 Å². The van der Waals surface area contributed by atoms with E-state index >= 15 is 0 Å². The van der Waals surface area contributed by atoms with Gasteiger partial charge in [-0.1, -0.05) is 6.42 Å². The molecule has 1 amide bonds. The minimum absolute atomic E-state index is 0.112. The van der Waals surface area contributed by atoms with Crippen molar-refractivity contribution in [1.82, 2.24) is 4.90 Å². The van der Waals surface area contributed by atoms with E-state index in [1.54, 1.807) is 0 Å². The zero-order valence-corrected chi connectivity index (χ0v) is 10.5. The monoisotopic (exact) mass is 237 g/mol.